The number of benzene rings is 3. The molecular weight excluding hydrogens is 408 g/mol. The monoisotopic (exact) mass is 426 g/mol. The SMILES string of the molecule is O=C(O)COc1ccc2nc(-c3ccc(C(=O)Nc4ccc5cc[nH]c5c4)cc3)[nH]c2c1. The van der Waals surface area contributed by atoms with Crippen molar-refractivity contribution in [3.05, 3.63) is 78.5 Å². The van der Waals surface area contributed by atoms with Crippen molar-refractivity contribution in [3.8, 4) is 17.1 Å². The zero-order chi connectivity index (χ0) is 22.1. The maximum atomic E-state index is 12.6. The van der Waals surface area contributed by atoms with Gasteiger partial charge in [-0.1, -0.05) is 18.2 Å². The molecule has 2 heterocycles. The van der Waals surface area contributed by atoms with Gasteiger partial charge in [-0.25, -0.2) is 9.78 Å². The summed E-state index contributed by atoms with van der Waals surface area (Å²) in [6.45, 7) is -0.408. The van der Waals surface area contributed by atoms with Gasteiger partial charge in [0.05, 0.1) is 11.0 Å². The third-order valence-corrected chi connectivity index (χ3v) is 5.05. The first kappa shape index (κ1) is 19.4. The summed E-state index contributed by atoms with van der Waals surface area (Å²) in [6, 6.07) is 20.0. The van der Waals surface area contributed by atoms with Crippen LogP contribution in [0.1, 0.15) is 10.4 Å². The highest BCUT2D eigenvalue weighted by Crippen LogP contribution is 2.25. The first-order valence-electron chi connectivity index (χ1n) is 9.88. The van der Waals surface area contributed by atoms with E-state index in [-0.39, 0.29) is 5.91 Å². The van der Waals surface area contributed by atoms with Crippen molar-refractivity contribution in [2.45, 2.75) is 0 Å². The van der Waals surface area contributed by atoms with E-state index in [1.54, 1.807) is 30.3 Å². The zero-order valence-electron chi connectivity index (χ0n) is 16.8. The predicted octanol–water partition coefficient (Wildman–Crippen LogP) is 4.43. The number of carboxylic acid groups (broad SMARTS) is 1. The number of amides is 1. The van der Waals surface area contributed by atoms with Crippen molar-refractivity contribution < 1.29 is 19.4 Å². The highest BCUT2D eigenvalue weighted by molar-refractivity contribution is 6.05. The van der Waals surface area contributed by atoms with Crippen LogP contribution in [0, 0.1) is 0 Å². The van der Waals surface area contributed by atoms with Crippen molar-refractivity contribution in [1.82, 2.24) is 15.0 Å². The van der Waals surface area contributed by atoms with E-state index >= 15 is 0 Å². The molecule has 3 aromatic carbocycles. The van der Waals surface area contributed by atoms with Gasteiger partial charge < -0.3 is 25.1 Å². The molecule has 0 bridgehead atoms. The van der Waals surface area contributed by atoms with Crippen LogP contribution >= 0.6 is 0 Å². The van der Waals surface area contributed by atoms with Crippen LogP contribution in [0.5, 0.6) is 5.75 Å². The Balaban J connectivity index is 1.32. The summed E-state index contributed by atoms with van der Waals surface area (Å²) in [7, 11) is 0. The number of carbonyl (C=O) groups excluding carboxylic acids is 1. The zero-order valence-corrected chi connectivity index (χ0v) is 16.8. The molecule has 5 rings (SSSR count). The standard InChI is InChI=1S/C24H18N4O4/c29-22(30)13-32-18-7-8-19-21(12-18)28-23(27-19)15-1-3-16(4-2-15)24(31)26-17-6-5-14-9-10-25-20(14)11-17/h1-12,25H,13H2,(H,26,31)(H,27,28)(H,29,30). The maximum absolute atomic E-state index is 12.6. The Labute approximate surface area is 181 Å². The van der Waals surface area contributed by atoms with Crippen LogP contribution in [-0.4, -0.2) is 38.5 Å². The summed E-state index contributed by atoms with van der Waals surface area (Å²) in [6.07, 6.45) is 1.86. The Hall–Kier alpha value is -4.59. The molecule has 8 heteroatoms. The number of carbonyl (C=O) groups is 2. The number of hydrogen-bond donors (Lipinski definition) is 4. The van der Waals surface area contributed by atoms with Gasteiger partial charge in [0.1, 0.15) is 11.6 Å². The van der Waals surface area contributed by atoms with Crippen LogP contribution in [0.2, 0.25) is 0 Å². The van der Waals surface area contributed by atoms with Gasteiger partial charge in [0.15, 0.2) is 6.61 Å². The third-order valence-electron chi connectivity index (χ3n) is 5.05. The van der Waals surface area contributed by atoms with E-state index in [2.05, 4.69) is 20.3 Å². The molecule has 0 spiro atoms. The summed E-state index contributed by atoms with van der Waals surface area (Å²) in [4.78, 5) is 34.2. The number of carboxylic acids is 1. The highest BCUT2D eigenvalue weighted by atomic mass is 16.5. The van der Waals surface area contributed by atoms with Gasteiger partial charge in [0, 0.05) is 34.6 Å². The number of nitrogens with one attached hydrogen (secondary N) is 3. The Morgan fingerprint density at radius 3 is 2.62 bits per heavy atom. The van der Waals surface area contributed by atoms with Crippen molar-refractivity contribution >= 4 is 39.5 Å². The third kappa shape index (κ3) is 3.89. The molecule has 0 fully saturated rings. The molecule has 0 unspecified atom stereocenters. The van der Waals surface area contributed by atoms with E-state index in [0.717, 1.165) is 27.5 Å². The van der Waals surface area contributed by atoms with Gasteiger partial charge in [-0.05, 0) is 47.9 Å². The van der Waals surface area contributed by atoms with E-state index < -0.39 is 12.6 Å². The smallest absolute Gasteiger partial charge is 0.341 e. The number of imidazole rings is 1. The first-order chi connectivity index (χ1) is 15.5. The average molecular weight is 426 g/mol. The molecule has 0 aliphatic rings. The molecule has 32 heavy (non-hydrogen) atoms. The second kappa shape index (κ2) is 7.92. The molecule has 8 nitrogen and oxygen atoms in total. The fraction of sp³-hybridized carbons (Fsp3) is 0.0417. The van der Waals surface area contributed by atoms with Gasteiger partial charge in [-0.2, -0.15) is 0 Å². The Bertz CT molecular complexity index is 1450. The van der Waals surface area contributed by atoms with E-state index in [1.165, 1.54) is 0 Å². The lowest BCUT2D eigenvalue weighted by Crippen LogP contribution is -2.11. The van der Waals surface area contributed by atoms with Crippen LogP contribution in [0.15, 0.2) is 72.9 Å². The normalized spacial score (nSPS) is 11.0. The summed E-state index contributed by atoms with van der Waals surface area (Å²) in [5, 5.41) is 12.7. The Kier molecular flexibility index (Phi) is 4.79. The predicted molar refractivity (Wildman–Crippen MR) is 121 cm³/mol. The Morgan fingerprint density at radius 1 is 0.969 bits per heavy atom. The molecule has 0 aliphatic carbocycles. The van der Waals surface area contributed by atoms with Crippen molar-refractivity contribution in [1.29, 1.82) is 0 Å². The molecule has 0 radical (unpaired) electrons. The number of ether oxygens (including phenoxy) is 1. The minimum absolute atomic E-state index is 0.202. The van der Waals surface area contributed by atoms with Crippen LogP contribution < -0.4 is 10.1 Å². The highest BCUT2D eigenvalue weighted by Gasteiger charge is 2.10. The second-order valence-electron chi connectivity index (χ2n) is 7.26. The summed E-state index contributed by atoms with van der Waals surface area (Å²) < 4.78 is 5.21. The number of anilines is 1. The molecular formula is C24H18N4O4. The fourth-order valence-electron chi connectivity index (χ4n) is 3.47. The van der Waals surface area contributed by atoms with Crippen LogP contribution in [-0.2, 0) is 4.79 Å². The van der Waals surface area contributed by atoms with E-state index in [4.69, 9.17) is 9.84 Å². The lowest BCUT2D eigenvalue weighted by molar-refractivity contribution is -0.139. The minimum Gasteiger partial charge on any atom is -0.482 e. The lowest BCUT2D eigenvalue weighted by atomic mass is 10.1. The van der Waals surface area contributed by atoms with Crippen LogP contribution in [0.4, 0.5) is 5.69 Å². The molecule has 0 aliphatic heterocycles. The molecule has 0 saturated heterocycles. The minimum atomic E-state index is -1.04. The first-order valence-corrected chi connectivity index (χ1v) is 9.88. The van der Waals surface area contributed by atoms with E-state index in [9.17, 15) is 9.59 Å². The van der Waals surface area contributed by atoms with Gasteiger partial charge in [0.2, 0.25) is 0 Å². The number of aliphatic carboxylic acids is 1. The Morgan fingerprint density at radius 2 is 1.81 bits per heavy atom. The molecule has 4 N–H and O–H groups in total. The average Bonchev–Trinajstić information content (AvgIpc) is 3.44. The summed E-state index contributed by atoms with van der Waals surface area (Å²) in [5.41, 5.74) is 4.47. The molecule has 0 atom stereocenters. The summed E-state index contributed by atoms with van der Waals surface area (Å²) >= 11 is 0. The largest absolute Gasteiger partial charge is 0.482 e. The number of nitrogens with zero attached hydrogens (tertiary/aromatic N) is 1. The molecule has 5 aromatic rings. The number of rotatable bonds is 6. The van der Waals surface area contributed by atoms with Crippen molar-refractivity contribution in [3.63, 3.8) is 0 Å². The fourth-order valence-corrected chi connectivity index (χ4v) is 3.47. The van der Waals surface area contributed by atoms with E-state index in [0.29, 0.717) is 22.8 Å². The number of aromatic amines is 2. The molecule has 2 aromatic heterocycles. The van der Waals surface area contributed by atoms with Gasteiger partial charge in [-0.3, -0.25) is 4.79 Å². The molecule has 0 saturated carbocycles. The molecule has 158 valence electrons. The lowest BCUT2D eigenvalue weighted by Gasteiger charge is -2.06. The second-order valence-corrected chi connectivity index (χ2v) is 7.26. The number of H-pyrrole nitrogens is 2. The van der Waals surface area contributed by atoms with Crippen molar-refractivity contribution in [2.24, 2.45) is 0 Å². The van der Waals surface area contributed by atoms with Crippen molar-refractivity contribution in [2.75, 3.05) is 11.9 Å². The van der Waals surface area contributed by atoms with E-state index in [1.807, 2.05) is 42.6 Å². The van der Waals surface area contributed by atoms with Gasteiger partial charge in [0.25, 0.3) is 5.91 Å². The maximum Gasteiger partial charge on any atom is 0.341 e. The number of fused-ring (bicyclic) bond motifs is 2. The number of aromatic nitrogens is 3. The quantitative estimate of drug-likeness (QED) is 0.320. The molecule has 1 amide bonds. The van der Waals surface area contributed by atoms with Crippen LogP contribution in [0.3, 0.4) is 0 Å². The van der Waals surface area contributed by atoms with Gasteiger partial charge in [-0.15, -0.1) is 0 Å². The van der Waals surface area contributed by atoms with Crippen LogP contribution in [0.25, 0.3) is 33.3 Å². The topological polar surface area (TPSA) is 120 Å². The summed E-state index contributed by atoms with van der Waals surface area (Å²) in [5.74, 6) is -0.157. The van der Waals surface area contributed by atoms with Gasteiger partial charge >= 0.3 is 5.97 Å². The number of hydrogen-bond acceptors (Lipinski definition) is 4.